The van der Waals surface area contributed by atoms with Gasteiger partial charge in [0.1, 0.15) is 23.3 Å². The number of carbonyl (C=O) groups is 3. The zero-order valence-electron chi connectivity index (χ0n) is 46.1. The van der Waals surface area contributed by atoms with Crippen molar-refractivity contribution < 1.29 is 28.6 Å². The van der Waals surface area contributed by atoms with E-state index < -0.39 is 12.1 Å². The fraction of sp³-hybridized carbons (Fsp3) is 0.433. The number of ether oxygens (including phenoxy) is 3. The summed E-state index contributed by atoms with van der Waals surface area (Å²) in [6, 6.07) is 29.3. The van der Waals surface area contributed by atoms with Crippen LogP contribution in [0, 0.1) is 0 Å². The molecule has 3 N–H and O–H groups in total. The van der Waals surface area contributed by atoms with Gasteiger partial charge in [0.15, 0.2) is 11.6 Å². The number of hydrogen-bond acceptors (Lipinski definition) is 16. The molecule has 7 aliphatic heterocycles. The number of benzene rings is 3. The molecule has 7 fully saturated rings. The predicted octanol–water partition coefficient (Wildman–Crippen LogP) is 8.00. The lowest BCUT2D eigenvalue weighted by Gasteiger charge is -2.38. The van der Waals surface area contributed by atoms with Gasteiger partial charge in [-0.05, 0) is 144 Å². The third kappa shape index (κ3) is 10.8. The molecule has 5 amide bonds. The summed E-state index contributed by atoms with van der Waals surface area (Å²) in [6.07, 6.45) is 9.39. The number of anilines is 8. The van der Waals surface area contributed by atoms with Crippen molar-refractivity contribution in [2.24, 2.45) is 0 Å². The van der Waals surface area contributed by atoms with E-state index in [1.165, 1.54) is 10.0 Å². The number of pyridine rings is 1. The van der Waals surface area contributed by atoms with Crippen molar-refractivity contribution in [3.05, 3.63) is 115 Å². The molecular formula is C60H69N15O6. The van der Waals surface area contributed by atoms with Gasteiger partial charge in [-0.25, -0.2) is 29.5 Å². The number of amides is 5. The van der Waals surface area contributed by atoms with Crippen molar-refractivity contribution in [3.8, 4) is 22.8 Å². The van der Waals surface area contributed by atoms with Gasteiger partial charge in [0.05, 0.1) is 87.3 Å². The molecule has 21 heteroatoms. The molecule has 7 aliphatic rings. The molecule has 81 heavy (non-hydrogen) atoms. The maximum Gasteiger partial charge on any atom is 0.345 e. The second-order valence-electron chi connectivity index (χ2n) is 22.6. The lowest BCUT2D eigenvalue weighted by Crippen LogP contribution is -2.54. The summed E-state index contributed by atoms with van der Waals surface area (Å²) in [5.74, 6) is 4.28. The summed E-state index contributed by atoms with van der Waals surface area (Å²) in [4.78, 5) is 80.3. The van der Waals surface area contributed by atoms with Crippen molar-refractivity contribution in [3.63, 3.8) is 0 Å². The second kappa shape index (κ2) is 22.5. The largest absolute Gasteiger partial charge is 0.377 e. The maximum atomic E-state index is 15.4. The van der Waals surface area contributed by atoms with Crippen LogP contribution in [0.3, 0.4) is 0 Å². The molecule has 6 unspecified atom stereocenters. The minimum Gasteiger partial charge on any atom is -0.377 e. The van der Waals surface area contributed by atoms with E-state index in [9.17, 15) is 4.79 Å². The Balaban J connectivity index is 0.879. The lowest BCUT2D eigenvalue weighted by molar-refractivity contribution is 0.0664. The average molecular weight is 1100 g/mol. The average Bonchev–Trinajstić information content (AvgIpc) is 4.04. The summed E-state index contributed by atoms with van der Waals surface area (Å²) in [5, 5.41) is 12.2. The molecule has 6 aromatic rings. The van der Waals surface area contributed by atoms with Crippen LogP contribution in [0.2, 0.25) is 0 Å². The Hall–Kier alpha value is -7.98. The molecule has 0 aliphatic carbocycles. The highest BCUT2D eigenvalue weighted by Gasteiger charge is 2.43. The Morgan fingerprint density at radius 1 is 0.519 bits per heavy atom. The van der Waals surface area contributed by atoms with E-state index in [-0.39, 0.29) is 48.2 Å². The van der Waals surface area contributed by atoms with Crippen molar-refractivity contribution in [1.82, 2.24) is 34.7 Å². The van der Waals surface area contributed by atoms with Crippen molar-refractivity contribution >= 4 is 64.0 Å². The van der Waals surface area contributed by atoms with Crippen LogP contribution in [0.1, 0.15) is 62.7 Å². The first-order valence-corrected chi connectivity index (χ1v) is 28.6. The number of nitrogens with zero attached hydrogens (tertiary/aromatic N) is 12. The normalized spacial score (nSPS) is 23.2. The van der Waals surface area contributed by atoms with Gasteiger partial charge in [-0.15, -0.1) is 0 Å². The first-order valence-electron chi connectivity index (χ1n) is 28.6. The monoisotopic (exact) mass is 1100 g/mol. The van der Waals surface area contributed by atoms with Gasteiger partial charge in [0, 0.05) is 84.8 Å². The first-order chi connectivity index (χ1) is 39.6. The van der Waals surface area contributed by atoms with Gasteiger partial charge in [-0.1, -0.05) is 0 Å². The summed E-state index contributed by atoms with van der Waals surface area (Å²) in [6.45, 7) is 10.9. The minimum atomic E-state index is -0.651. The molecule has 7 saturated heterocycles. The number of carbonyl (C=O) groups excluding carboxylic acids is 3. The summed E-state index contributed by atoms with van der Waals surface area (Å²) >= 11 is 0. The number of piperazine rings is 1. The highest BCUT2D eigenvalue weighted by atomic mass is 16.5. The number of morpholine rings is 3. The van der Waals surface area contributed by atoms with Gasteiger partial charge in [-0.3, -0.25) is 9.78 Å². The number of aromatic nitrogens is 5. The number of fused-ring (bicyclic) bond motifs is 6. The van der Waals surface area contributed by atoms with Gasteiger partial charge in [0.2, 0.25) is 0 Å². The van der Waals surface area contributed by atoms with Gasteiger partial charge in [-0.2, -0.15) is 10.0 Å². The molecule has 6 atom stereocenters. The first kappa shape index (κ1) is 52.4. The van der Waals surface area contributed by atoms with E-state index in [0.29, 0.717) is 104 Å². The van der Waals surface area contributed by atoms with Gasteiger partial charge < -0.3 is 54.7 Å². The van der Waals surface area contributed by atoms with Crippen LogP contribution in [0.25, 0.3) is 22.8 Å². The van der Waals surface area contributed by atoms with E-state index in [1.807, 2.05) is 54.4 Å². The molecule has 13 rings (SSSR count). The third-order valence-corrected chi connectivity index (χ3v) is 16.8. The van der Waals surface area contributed by atoms with E-state index in [2.05, 4.69) is 60.4 Å². The Kier molecular flexibility index (Phi) is 14.6. The maximum absolute atomic E-state index is 15.4. The van der Waals surface area contributed by atoms with Gasteiger partial charge in [0.25, 0.3) is 5.91 Å². The van der Waals surface area contributed by atoms with Crippen LogP contribution in [0.5, 0.6) is 0 Å². The molecule has 21 nitrogen and oxygen atoms in total. The van der Waals surface area contributed by atoms with E-state index >= 15 is 9.59 Å². The van der Waals surface area contributed by atoms with Crippen LogP contribution in [-0.4, -0.2) is 168 Å². The Morgan fingerprint density at radius 2 is 0.926 bits per heavy atom. The van der Waals surface area contributed by atoms with Crippen LogP contribution in [-0.2, 0) is 14.2 Å². The molecule has 3 aromatic heterocycles. The molecule has 0 spiro atoms. The minimum absolute atomic E-state index is 0.0703. The smallest absolute Gasteiger partial charge is 0.345 e. The van der Waals surface area contributed by atoms with Crippen LogP contribution >= 0.6 is 0 Å². The number of hydrogen-bond donors (Lipinski definition) is 3. The molecule has 10 heterocycles. The predicted molar refractivity (Wildman–Crippen MR) is 311 cm³/mol. The molecule has 6 bridgehead atoms. The molecule has 0 radical (unpaired) electrons. The topological polar surface area (TPSA) is 202 Å². The van der Waals surface area contributed by atoms with Crippen molar-refractivity contribution in [1.29, 1.82) is 0 Å². The standard InChI is InChI=1S/C60H69N15O6/c1-38(2)62-52-30-53(71-46-16-17-47(71)33-79-32-46)66-56(65-52)39-6-12-44(13-7-39)75(60(78)64-43-22-24-61-25-23-43)74(59(77)63-42-10-4-41(5-11-42)58(76)70-28-26-69(3)27-29-70)45-14-8-40(9-15-45)57-67-54(72-48-18-19-49(72)35-80-34-48)31-55(68-57)73-50-20-21-51(73)37-81-36-50/h4-15,22-25,30-31,38,46-51H,16-21,26-29,32-37H2,1-3H3,(H,63,77)(H,61,64,78)(H,62,65,66). The quantitative estimate of drug-likeness (QED) is 0.0995. The third-order valence-electron chi connectivity index (χ3n) is 16.8. The van der Waals surface area contributed by atoms with Crippen LogP contribution < -0.4 is 40.7 Å². The Bertz CT molecular complexity index is 3140. The number of likely N-dealkylation sites (N-methyl/N-ethyl adjacent to an activating group) is 1. The van der Waals surface area contributed by atoms with Crippen molar-refractivity contribution in [2.45, 2.75) is 94.7 Å². The lowest BCUT2D eigenvalue weighted by atomic mass is 10.1. The SMILES string of the molecule is CC(C)Nc1cc(N2C3CCC2COC3)nc(-c2ccc(N(C(=O)Nc3ccncc3)N(C(=O)Nc3ccc(C(=O)N4CCN(C)CC4)cc3)c3ccc(-c4nc(N5C6CCC5COC6)cc(N5C6CCC5COC6)n4)cc3)cc2)n1. The molecule has 420 valence electrons. The second-order valence-corrected chi connectivity index (χ2v) is 22.6. The number of rotatable bonds is 12. The molecule has 0 saturated carbocycles. The number of nitrogens with one attached hydrogen (secondary N) is 3. The Morgan fingerprint density at radius 3 is 1.36 bits per heavy atom. The highest BCUT2D eigenvalue weighted by Crippen LogP contribution is 2.40. The molecular weight excluding hydrogens is 1030 g/mol. The summed E-state index contributed by atoms with van der Waals surface area (Å²) in [5.41, 5.74) is 3.58. The van der Waals surface area contributed by atoms with Crippen LogP contribution in [0.4, 0.5) is 55.6 Å². The molecule has 3 aromatic carbocycles. The van der Waals surface area contributed by atoms with E-state index in [4.69, 9.17) is 34.1 Å². The highest BCUT2D eigenvalue weighted by molar-refractivity contribution is 6.13. The summed E-state index contributed by atoms with van der Waals surface area (Å²) in [7, 11) is 2.05. The number of hydrazine groups is 1. The summed E-state index contributed by atoms with van der Waals surface area (Å²) < 4.78 is 18.0. The van der Waals surface area contributed by atoms with E-state index in [1.54, 1.807) is 60.9 Å². The van der Waals surface area contributed by atoms with E-state index in [0.717, 1.165) is 74.6 Å². The fourth-order valence-electron chi connectivity index (χ4n) is 12.7. The fourth-order valence-corrected chi connectivity index (χ4v) is 12.7. The Labute approximate surface area is 471 Å². The van der Waals surface area contributed by atoms with Gasteiger partial charge >= 0.3 is 12.1 Å². The zero-order valence-corrected chi connectivity index (χ0v) is 46.1. The zero-order chi connectivity index (χ0) is 55.1. The number of urea groups is 2. The van der Waals surface area contributed by atoms with Crippen molar-refractivity contribution in [2.75, 3.05) is 114 Å². The van der Waals surface area contributed by atoms with Crippen LogP contribution in [0.15, 0.2) is 109 Å².